The molecule has 2 aromatic heterocycles. The number of halogens is 1. The highest BCUT2D eigenvalue weighted by Crippen LogP contribution is 2.14. The Morgan fingerprint density at radius 1 is 1.32 bits per heavy atom. The second-order valence-corrected chi connectivity index (χ2v) is 4.20. The third-order valence-corrected chi connectivity index (χ3v) is 2.52. The van der Waals surface area contributed by atoms with Crippen LogP contribution in [0, 0.1) is 0 Å². The number of hydrogen-bond donors (Lipinski definition) is 1. The van der Waals surface area contributed by atoms with Gasteiger partial charge in [-0.1, -0.05) is 0 Å². The van der Waals surface area contributed by atoms with E-state index in [0.29, 0.717) is 4.67 Å². The molecule has 2 heterocycles. The number of nitrogens with one attached hydrogen (secondary N) is 1. The predicted molar refractivity (Wildman–Crippen MR) is 65.6 cm³/mol. The lowest BCUT2D eigenvalue weighted by Crippen LogP contribution is -2.35. The SMILES string of the molecule is O=C([O-])/C(=C/c1ccco1)NC(=O)c1ccc(Br)o1. The Morgan fingerprint density at radius 3 is 2.63 bits per heavy atom. The first-order valence-electron chi connectivity index (χ1n) is 5.09. The average molecular weight is 325 g/mol. The zero-order valence-corrected chi connectivity index (χ0v) is 11.0. The fourth-order valence-corrected chi connectivity index (χ4v) is 1.59. The number of furan rings is 2. The molecule has 98 valence electrons. The van der Waals surface area contributed by atoms with Crippen LogP contribution < -0.4 is 10.4 Å². The lowest BCUT2D eigenvalue weighted by molar-refractivity contribution is -0.299. The minimum atomic E-state index is -1.53. The van der Waals surface area contributed by atoms with E-state index in [0.717, 1.165) is 6.08 Å². The molecule has 0 fully saturated rings. The van der Waals surface area contributed by atoms with Crippen LogP contribution in [-0.2, 0) is 4.79 Å². The fraction of sp³-hybridized carbons (Fsp3) is 0. The molecule has 0 aliphatic rings. The first kappa shape index (κ1) is 13.2. The Kier molecular flexibility index (Phi) is 3.86. The number of amides is 1. The quantitative estimate of drug-likeness (QED) is 0.851. The van der Waals surface area contributed by atoms with Crippen LogP contribution in [-0.4, -0.2) is 11.9 Å². The van der Waals surface area contributed by atoms with Gasteiger partial charge in [-0.15, -0.1) is 0 Å². The van der Waals surface area contributed by atoms with Gasteiger partial charge in [0, 0.05) is 6.08 Å². The molecule has 7 heteroatoms. The van der Waals surface area contributed by atoms with Crippen molar-refractivity contribution in [2.24, 2.45) is 0 Å². The van der Waals surface area contributed by atoms with Crippen LogP contribution in [0.1, 0.15) is 16.3 Å². The van der Waals surface area contributed by atoms with Crippen molar-refractivity contribution in [3.05, 3.63) is 52.4 Å². The van der Waals surface area contributed by atoms with Crippen molar-refractivity contribution in [3.8, 4) is 0 Å². The van der Waals surface area contributed by atoms with Gasteiger partial charge in [0.2, 0.25) is 0 Å². The summed E-state index contributed by atoms with van der Waals surface area (Å²) in [5.74, 6) is -1.98. The van der Waals surface area contributed by atoms with Gasteiger partial charge in [0.25, 0.3) is 5.91 Å². The Morgan fingerprint density at radius 2 is 2.11 bits per heavy atom. The normalized spacial score (nSPS) is 11.3. The average Bonchev–Trinajstić information content (AvgIpc) is 2.99. The highest BCUT2D eigenvalue weighted by molar-refractivity contribution is 9.10. The van der Waals surface area contributed by atoms with E-state index in [1.165, 1.54) is 18.4 Å². The van der Waals surface area contributed by atoms with Gasteiger partial charge in [-0.2, -0.15) is 0 Å². The number of carbonyl (C=O) groups excluding carboxylic acids is 2. The summed E-state index contributed by atoms with van der Waals surface area (Å²) in [7, 11) is 0. The van der Waals surface area contributed by atoms with Gasteiger partial charge in [0.15, 0.2) is 10.4 Å². The molecule has 0 aliphatic carbocycles. The minimum Gasteiger partial charge on any atom is -0.543 e. The Balaban J connectivity index is 2.18. The van der Waals surface area contributed by atoms with E-state index in [-0.39, 0.29) is 11.5 Å². The van der Waals surface area contributed by atoms with Crippen LogP contribution in [0.2, 0.25) is 0 Å². The summed E-state index contributed by atoms with van der Waals surface area (Å²) in [4.78, 5) is 22.6. The first-order chi connectivity index (χ1) is 9.06. The van der Waals surface area contributed by atoms with Crippen molar-refractivity contribution in [1.29, 1.82) is 0 Å². The lowest BCUT2D eigenvalue weighted by Gasteiger charge is -2.08. The maximum absolute atomic E-state index is 11.7. The Hall–Kier alpha value is -2.28. The summed E-state index contributed by atoms with van der Waals surface area (Å²) in [6, 6.07) is 6.05. The number of carboxylic acids is 1. The molecule has 0 spiro atoms. The van der Waals surface area contributed by atoms with Crippen LogP contribution in [0.3, 0.4) is 0 Å². The lowest BCUT2D eigenvalue weighted by atomic mass is 10.3. The summed E-state index contributed by atoms with van der Waals surface area (Å²) < 4.78 is 10.3. The van der Waals surface area contributed by atoms with Crippen LogP contribution in [0.15, 0.2) is 49.7 Å². The Bertz CT molecular complexity index is 626. The van der Waals surface area contributed by atoms with Gasteiger partial charge in [0.1, 0.15) is 5.76 Å². The maximum atomic E-state index is 11.7. The van der Waals surface area contributed by atoms with Crippen molar-refractivity contribution < 1.29 is 23.5 Å². The molecule has 0 saturated heterocycles. The summed E-state index contributed by atoms with van der Waals surface area (Å²) in [6.07, 6.45) is 2.52. The van der Waals surface area contributed by atoms with Gasteiger partial charge in [-0.05, 0) is 40.2 Å². The molecular formula is C12H7BrNO5-. The zero-order chi connectivity index (χ0) is 13.8. The van der Waals surface area contributed by atoms with Gasteiger partial charge < -0.3 is 24.1 Å². The highest BCUT2D eigenvalue weighted by atomic mass is 79.9. The van der Waals surface area contributed by atoms with Crippen LogP contribution >= 0.6 is 15.9 Å². The number of carbonyl (C=O) groups is 2. The topological polar surface area (TPSA) is 95.5 Å². The van der Waals surface area contributed by atoms with Crippen molar-refractivity contribution in [2.75, 3.05) is 0 Å². The molecule has 2 aromatic rings. The zero-order valence-electron chi connectivity index (χ0n) is 9.38. The largest absolute Gasteiger partial charge is 0.543 e. The fourth-order valence-electron chi connectivity index (χ4n) is 1.28. The van der Waals surface area contributed by atoms with Gasteiger partial charge >= 0.3 is 0 Å². The van der Waals surface area contributed by atoms with Crippen molar-refractivity contribution in [3.63, 3.8) is 0 Å². The maximum Gasteiger partial charge on any atom is 0.291 e. The van der Waals surface area contributed by atoms with E-state index in [1.807, 2.05) is 0 Å². The number of carboxylic acid groups (broad SMARTS) is 1. The molecule has 0 unspecified atom stereocenters. The number of rotatable bonds is 4. The van der Waals surface area contributed by atoms with Crippen molar-refractivity contribution in [1.82, 2.24) is 5.32 Å². The Labute approximate surface area is 115 Å². The van der Waals surface area contributed by atoms with Crippen LogP contribution in [0.25, 0.3) is 6.08 Å². The highest BCUT2D eigenvalue weighted by Gasteiger charge is 2.13. The van der Waals surface area contributed by atoms with Crippen LogP contribution in [0.4, 0.5) is 0 Å². The van der Waals surface area contributed by atoms with E-state index in [1.54, 1.807) is 12.1 Å². The molecule has 0 atom stereocenters. The summed E-state index contributed by atoms with van der Waals surface area (Å²) in [6.45, 7) is 0. The summed E-state index contributed by atoms with van der Waals surface area (Å²) >= 11 is 3.04. The summed E-state index contributed by atoms with van der Waals surface area (Å²) in [5, 5.41) is 13.1. The van der Waals surface area contributed by atoms with Crippen molar-refractivity contribution in [2.45, 2.75) is 0 Å². The smallest absolute Gasteiger partial charge is 0.291 e. The molecular weight excluding hydrogens is 318 g/mol. The number of hydrogen-bond acceptors (Lipinski definition) is 5. The third kappa shape index (κ3) is 3.35. The standard InChI is InChI=1S/C12H8BrNO5/c13-10-4-3-9(19-10)11(15)14-8(12(16)17)6-7-2-1-5-18-7/h1-6H,(H,14,15)(H,16,17)/p-1/b8-6-. The molecule has 1 amide bonds. The van der Waals surface area contributed by atoms with Crippen molar-refractivity contribution >= 4 is 33.9 Å². The molecule has 19 heavy (non-hydrogen) atoms. The molecule has 0 aliphatic heterocycles. The molecule has 1 N–H and O–H groups in total. The third-order valence-electron chi connectivity index (χ3n) is 2.09. The van der Waals surface area contributed by atoms with Gasteiger partial charge in [0.05, 0.1) is 17.9 Å². The van der Waals surface area contributed by atoms with Gasteiger partial charge in [-0.25, -0.2) is 0 Å². The van der Waals surface area contributed by atoms with E-state index in [9.17, 15) is 14.7 Å². The summed E-state index contributed by atoms with van der Waals surface area (Å²) in [5.41, 5.74) is -0.424. The van der Waals surface area contributed by atoms with E-state index in [4.69, 9.17) is 8.83 Å². The monoisotopic (exact) mass is 324 g/mol. The first-order valence-corrected chi connectivity index (χ1v) is 5.89. The molecule has 2 rings (SSSR count). The number of aliphatic carboxylic acids is 1. The second kappa shape index (κ2) is 5.57. The van der Waals surface area contributed by atoms with Crippen LogP contribution in [0.5, 0.6) is 0 Å². The van der Waals surface area contributed by atoms with Gasteiger partial charge in [-0.3, -0.25) is 4.79 Å². The molecule has 0 radical (unpaired) electrons. The van der Waals surface area contributed by atoms with E-state index >= 15 is 0 Å². The molecule has 0 saturated carbocycles. The molecule has 6 nitrogen and oxygen atoms in total. The predicted octanol–water partition coefficient (Wildman–Crippen LogP) is 1.16. The minimum absolute atomic E-state index is 0.0292. The molecule has 0 aromatic carbocycles. The molecule has 0 bridgehead atoms. The van der Waals surface area contributed by atoms with E-state index < -0.39 is 17.6 Å². The van der Waals surface area contributed by atoms with E-state index in [2.05, 4.69) is 21.2 Å². The second-order valence-electron chi connectivity index (χ2n) is 3.42.